The Hall–Kier alpha value is -2.48. The Kier molecular flexibility index (Phi) is 5.05. The fourth-order valence-electron chi connectivity index (χ4n) is 1.76. The van der Waals surface area contributed by atoms with E-state index in [1.807, 2.05) is 6.07 Å². The molecule has 2 N–H and O–H groups in total. The molecule has 0 atom stereocenters. The van der Waals surface area contributed by atoms with E-state index in [0.29, 0.717) is 10.9 Å². The van der Waals surface area contributed by atoms with E-state index in [1.54, 1.807) is 37.6 Å². The van der Waals surface area contributed by atoms with Gasteiger partial charge >= 0.3 is 5.97 Å². The quantitative estimate of drug-likeness (QED) is 0.847. The van der Waals surface area contributed by atoms with Crippen molar-refractivity contribution in [2.45, 2.75) is 19.9 Å². The normalized spacial score (nSPS) is 10.5. The zero-order valence-corrected chi connectivity index (χ0v) is 13.0. The number of carboxylic acids is 1. The van der Waals surface area contributed by atoms with Crippen LogP contribution >= 0.6 is 11.3 Å². The molecule has 7 nitrogen and oxygen atoms in total. The number of carbonyl (C=O) groups is 2. The summed E-state index contributed by atoms with van der Waals surface area (Å²) in [5.74, 6) is -0.825. The van der Waals surface area contributed by atoms with Crippen molar-refractivity contribution in [1.29, 1.82) is 0 Å². The lowest BCUT2D eigenvalue weighted by Crippen LogP contribution is -2.40. The molecule has 0 radical (unpaired) electrons. The molecule has 0 aromatic carbocycles. The van der Waals surface area contributed by atoms with Crippen molar-refractivity contribution in [2.75, 3.05) is 11.9 Å². The molecular formula is C14H16N4O3S. The number of aliphatic carboxylic acids is 1. The van der Waals surface area contributed by atoms with Gasteiger partial charge in [0.25, 0.3) is 5.91 Å². The summed E-state index contributed by atoms with van der Waals surface area (Å²) in [6.07, 6.45) is 1.65. The van der Waals surface area contributed by atoms with Gasteiger partial charge < -0.3 is 15.3 Å². The molecule has 0 aliphatic heterocycles. The summed E-state index contributed by atoms with van der Waals surface area (Å²) in [6.45, 7) is 3.18. The van der Waals surface area contributed by atoms with Crippen LogP contribution in [0.2, 0.25) is 0 Å². The van der Waals surface area contributed by atoms with Crippen molar-refractivity contribution in [2.24, 2.45) is 0 Å². The van der Waals surface area contributed by atoms with E-state index in [0.717, 1.165) is 0 Å². The first-order valence-electron chi connectivity index (χ1n) is 6.63. The second kappa shape index (κ2) is 6.99. The first-order chi connectivity index (χ1) is 10.5. The van der Waals surface area contributed by atoms with Gasteiger partial charge in [-0.3, -0.25) is 9.59 Å². The summed E-state index contributed by atoms with van der Waals surface area (Å²) in [5, 5.41) is 14.0. The molecule has 116 valence electrons. The standard InChI is InChI=1S/C14H16N4O3S/c1-9(2)18(7-12(19)20)13(21)10-8-22-14(16-10)17-11-5-3-4-6-15-11/h3-6,8-9H,7H2,1-2H3,(H,19,20)(H,15,16,17). The van der Waals surface area contributed by atoms with Crippen LogP contribution in [0.3, 0.4) is 0 Å². The number of rotatable bonds is 6. The molecule has 2 aromatic rings. The second-order valence-corrected chi connectivity index (χ2v) is 5.66. The fourth-order valence-corrected chi connectivity index (χ4v) is 2.45. The molecule has 22 heavy (non-hydrogen) atoms. The highest BCUT2D eigenvalue weighted by Gasteiger charge is 2.23. The number of hydrogen-bond donors (Lipinski definition) is 2. The molecule has 0 aliphatic carbocycles. The molecule has 0 aliphatic rings. The predicted octanol–water partition coefficient (Wildman–Crippen LogP) is 2.22. The van der Waals surface area contributed by atoms with Gasteiger partial charge in [0.15, 0.2) is 5.13 Å². The summed E-state index contributed by atoms with van der Waals surface area (Å²) in [4.78, 5) is 32.8. The first kappa shape index (κ1) is 15.9. The third kappa shape index (κ3) is 4.01. The molecule has 0 unspecified atom stereocenters. The highest BCUT2D eigenvalue weighted by Crippen LogP contribution is 2.20. The lowest BCUT2D eigenvalue weighted by atomic mass is 10.3. The maximum absolute atomic E-state index is 12.4. The minimum atomic E-state index is -1.05. The molecule has 0 fully saturated rings. The fraction of sp³-hybridized carbons (Fsp3) is 0.286. The number of thiazole rings is 1. The monoisotopic (exact) mass is 320 g/mol. The van der Waals surface area contributed by atoms with E-state index in [4.69, 9.17) is 5.11 Å². The van der Waals surface area contributed by atoms with Crippen LogP contribution in [0.1, 0.15) is 24.3 Å². The number of nitrogens with one attached hydrogen (secondary N) is 1. The van der Waals surface area contributed by atoms with Crippen LogP contribution in [0.4, 0.5) is 10.9 Å². The largest absolute Gasteiger partial charge is 0.480 e. The van der Waals surface area contributed by atoms with Gasteiger partial charge in [-0.1, -0.05) is 6.07 Å². The Bertz CT molecular complexity index is 657. The number of aromatic nitrogens is 2. The number of amides is 1. The van der Waals surface area contributed by atoms with Crippen LogP contribution < -0.4 is 5.32 Å². The van der Waals surface area contributed by atoms with Crippen LogP contribution in [-0.2, 0) is 4.79 Å². The zero-order chi connectivity index (χ0) is 16.1. The lowest BCUT2D eigenvalue weighted by Gasteiger charge is -2.23. The lowest BCUT2D eigenvalue weighted by molar-refractivity contribution is -0.138. The smallest absolute Gasteiger partial charge is 0.323 e. The summed E-state index contributed by atoms with van der Waals surface area (Å²) >= 11 is 1.26. The van der Waals surface area contributed by atoms with Crippen molar-refractivity contribution in [1.82, 2.24) is 14.9 Å². The summed E-state index contributed by atoms with van der Waals surface area (Å²) in [6, 6.07) is 5.20. The minimum Gasteiger partial charge on any atom is -0.480 e. The SMILES string of the molecule is CC(C)N(CC(=O)O)C(=O)c1csc(Nc2ccccn2)n1. The number of anilines is 2. The average molecular weight is 320 g/mol. The molecule has 8 heteroatoms. The Labute approximate surface area is 131 Å². The van der Waals surface area contributed by atoms with Gasteiger partial charge in [-0.25, -0.2) is 9.97 Å². The van der Waals surface area contributed by atoms with Gasteiger partial charge in [-0.05, 0) is 26.0 Å². The van der Waals surface area contributed by atoms with E-state index >= 15 is 0 Å². The molecule has 2 rings (SSSR count). The van der Waals surface area contributed by atoms with E-state index in [2.05, 4.69) is 15.3 Å². The average Bonchev–Trinajstić information content (AvgIpc) is 2.93. The van der Waals surface area contributed by atoms with Crippen LogP contribution in [0.25, 0.3) is 0 Å². The Morgan fingerprint density at radius 1 is 1.41 bits per heavy atom. The molecule has 2 heterocycles. The summed E-state index contributed by atoms with van der Waals surface area (Å²) in [5.41, 5.74) is 0.221. The van der Waals surface area contributed by atoms with Crippen molar-refractivity contribution >= 4 is 34.2 Å². The number of carboxylic acid groups (broad SMARTS) is 1. The van der Waals surface area contributed by atoms with Crippen molar-refractivity contribution < 1.29 is 14.7 Å². The second-order valence-electron chi connectivity index (χ2n) is 4.80. The van der Waals surface area contributed by atoms with Crippen molar-refractivity contribution in [3.63, 3.8) is 0 Å². The van der Waals surface area contributed by atoms with Gasteiger partial charge in [0.1, 0.15) is 18.1 Å². The molecular weight excluding hydrogens is 304 g/mol. The van der Waals surface area contributed by atoms with Crippen molar-refractivity contribution in [3.8, 4) is 0 Å². The highest BCUT2D eigenvalue weighted by molar-refractivity contribution is 7.14. The van der Waals surface area contributed by atoms with Gasteiger partial charge in [0.2, 0.25) is 0 Å². The number of carbonyl (C=O) groups excluding carboxylic acids is 1. The summed E-state index contributed by atoms with van der Waals surface area (Å²) < 4.78 is 0. The van der Waals surface area contributed by atoms with Gasteiger partial charge in [-0.2, -0.15) is 0 Å². The zero-order valence-electron chi connectivity index (χ0n) is 12.2. The molecule has 0 spiro atoms. The van der Waals surface area contributed by atoms with Gasteiger partial charge in [-0.15, -0.1) is 11.3 Å². The Balaban J connectivity index is 2.12. The third-order valence-corrected chi connectivity index (χ3v) is 3.57. The topological polar surface area (TPSA) is 95.4 Å². The third-order valence-electron chi connectivity index (χ3n) is 2.81. The van der Waals surface area contributed by atoms with E-state index in [1.165, 1.54) is 16.2 Å². The molecule has 0 saturated heterocycles. The Morgan fingerprint density at radius 2 is 2.18 bits per heavy atom. The van der Waals surface area contributed by atoms with Gasteiger partial charge in [0, 0.05) is 17.6 Å². The predicted molar refractivity (Wildman–Crippen MR) is 83.4 cm³/mol. The van der Waals surface area contributed by atoms with Crippen molar-refractivity contribution in [3.05, 3.63) is 35.5 Å². The summed E-state index contributed by atoms with van der Waals surface area (Å²) in [7, 11) is 0. The van der Waals surface area contributed by atoms with E-state index in [9.17, 15) is 9.59 Å². The number of nitrogens with zero attached hydrogens (tertiary/aromatic N) is 3. The molecule has 0 saturated carbocycles. The maximum Gasteiger partial charge on any atom is 0.323 e. The minimum absolute atomic E-state index is 0.221. The van der Waals surface area contributed by atoms with Crippen LogP contribution in [0.5, 0.6) is 0 Å². The Morgan fingerprint density at radius 3 is 2.77 bits per heavy atom. The van der Waals surface area contributed by atoms with Crippen LogP contribution in [-0.4, -0.2) is 44.4 Å². The molecule has 0 bridgehead atoms. The van der Waals surface area contributed by atoms with Crippen LogP contribution in [0, 0.1) is 0 Å². The van der Waals surface area contributed by atoms with Crippen LogP contribution in [0.15, 0.2) is 29.8 Å². The maximum atomic E-state index is 12.4. The first-order valence-corrected chi connectivity index (χ1v) is 7.51. The number of hydrogen-bond acceptors (Lipinski definition) is 6. The highest BCUT2D eigenvalue weighted by atomic mass is 32.1. The van der Waals surface area contributed by atoms with E-state index < -0.39 is 11.9 Å². The van der Waals surface area contributed by atoms with E-state index in [-0.39, 0.29) is 18.3 Å². The van der Waals surface area contributed by atoms with Gasteiger partial charge in [0.05, 0.1) is 0 Å². The molecule has 1 amide bonds. The molecule has 2 aromatic heterocycles. The number of pyridine rings is 1.